The Morgan fingerprint density at radius 3 is 2.63 bits per heavy atom. The van der Waals surface area contributed by atoms with Crippen molar-refractivity contribution in [2.75, 3.05) is 32.8 Å². The van der Waals surface area contributed by atoms with E-state index < -0.39 is 0 Å². The zero-order valence-corrected chi connectivity index (χ0v) is 15.5. The predicted molar refractivity (Wildman–Crippen MR) is 100.0 cm³/mol. The van der Waals surface area contributed by atoms with Gasteiger partial charge in [-0.15, -0.1) is 0 Å². The Morgan fingerprint density at radius 1 is 1.22 bits per heavy atom. The molecule has 0 unspecified atom stereocenters. The van der Waals surface area contributed by atoms with E-state index in [-0.39, 0.29) is 23.6 Å². The van der Waals surface area contributed by atoms with E-state index in [9.17, 15) is 9.59 Å². The summed E-state index contributed by atoms with van der Waals surface area (Å²) in [6.45, 7) is 3.14. The summed E-state index contributed by atoms with van der Waals surface area (Å²) in [7, 11) is 1.68. The van der Waals surface area contributed by atoms with Crippen LogP contribution in [0.4, 0.5) is 0 Å². The SMILES string of the molecule is Cn1nc(C2CCN(C(=O)[C@@H]3COCCN3)CC2)n(-c2ccccc2)c1=O. The van der Waals surface area contributed by atoms with E-state index in [0.29, 0.717) is 32.8 Å². The van der Waals surface area contributed by atoms with Crippen LogP contribution in [0.25, 0.3) is 5.69 Å². The fourth-order valence-corrected chi connectivity index (χ4v) is 3.87. The molecule has 0 saturated carbocycles. The lowest BCUT2D eigenvalue weighted by atomic mass is 9.95. The van der Waals surface area contributed by atoms with Gasteiger partial charge in [0.05, 0.1) is 18.9 Å². The van der Waals surface area contributed by atoms with Crippen LogP contribution in [-0.4, -0.2) is 64.0 Å². The van der Waals surface area contributed by atoms with Crippen molar-refractivity contribution in [2.24, 2.45) is 7.05 Å². The lowest BCUT2D eigenvalue weighted by molar-refractivity contribution is -0.137. The molecule has 8 nitrogen and oxygen atoms in total. The average molecular weight is 371 g/mol. The maximum atomic E-state index is 12.7. The lowest BCUT2D eigenvalue weighted by Gasteiger charge is -2.35. The molecule has 1 amide bonds. The van der Waals surface area contributed by atoms with E-state index in [1.54, 1.807) is 11.6 Å². The Labute approximate surface area is 157 Å². The Morgan fingerprint density at radius 2 is 1.96 bits per heavy atom. The van der Waals surface area contributed by atoms with Crippen LogP contribution in [0.5, 0.6) is 0 Å². The molecular formula is C19H25N5O3. The minimum atomic E-state index is -0.243. The third-order valence-corrected chi connectivity index (χ3v) is 5.36. The van der Waals surface area contributed by atoms with Crippen molar-refractivity contribution in [3.8, 4) is 5.69 Å². The van der Waals surface area contributed by atoms with E-state index >= 15 is 0 Å². The zero-order chi connectivity index (χ0) is 18.8. The van der Waals surface area contributed by atoms with Crippen molar-refractivity contribution in [1.29, 1.82) is 0 Å². The molecule has 8 heteroatoms. The standard InChI is InChI=1S/C19H25N5O3/c1-22-19(26)24(15-5-3-2-4-6-15)17(21-22)14-7-10-23(11-8-14)18(25)16-13-27-12-9-20-16/h2-6,14,16,20H,7-13H2,1H3/t16-/m0/s1. The van der Waals surface area contributed by atoms with Crippen molar-refractivity contribution in [3.05, 3.63) is 46.6 Å². The number of aryl methyl sites for hydroxylation is 1. The first kappa shape index (κ1) is 17.9. The van der Waals surface area contributed by atoms with Gasteiger partial charge in [0.25, 0.3) is 0 Å². The number of nitrogens with zero attached hydrogens (tertiary/aromatic N) is 4. The van der Waals surface area contributed by atoms with E-state index in [1.807, 2.05) is 35.2 Å². The number of carbonyl (C=O) groups excluding carboxylic acids is 1. The summed E-state index contributed by atoms with van der Waals surface area (Å²) < 4.78 is 8.49. The molecule has 1 atom stereocenters. The molecule has 2 fully saturated rings. The number of likely N-dealkylation sites (tertiary alicyclic amines) is 1. The number of carbonyl (C=O) groups is 1. The number of amides is 1. The molecule has 3 heterocycles. The molecule has 144 valence electrons. The van der Waals surface area contributed by atoms with Gasteiger partial charge >= 0.3 is 5.69 Å². The maximum Gasteiger partial charge on any atom is 0.350 e. The molecular weight excluding hydrogens is 346 g/mol. The molecule has 4 rings (SSSR count). The van der Waals surface area contributed by atoms with Gasteiger partial charge in [-0.05, 0) is 25.0 Å². The molecule has 0 aliphatic carbocycles. The van der Waals surface area contributed by atoms with E-state index in [4.69, 9.17) is 4.74 Å². The van der Waals surface area contributed by atoms with Gasteiger partial charge in [0.2, 0.25) is 5.91 Å². The normalized spacial score (nSPS) is 21.4. The molecule has 0 bridgehead atoms. The summed E-state index contributed by atoms with van der Waals surface area (Å²) in [5.41, 5.74) is 0.686. The number of hydrogen-bond donors (Lipinski definition) is 1. The Balaban J connectivity index is 1.50. The Bertz CT molecular complexity index is 846. The molecule has 27 heavy (non-hydrogen) atoms. The maximum absolute atomic E-state index is 12.7. The van der Waals surface area contributed by atoms with Gasteiger partial charge in [-0.1, -0.05) is 18.2 Å². The van der Waals surface area contributed by atoms with Gasteiger partial charge < -0.3 is 15.0 Å². The van der Waals surface area contributed by atoms with Crippen LogP contribution in [0.15, 0.2) is 35.1 Å². The molecule has 2 aliphatic heterocycles. The second kappa shape index (κ2) is 7.66. The topological polar surface area (TPSA) is 81.4 Å². The van der Waals surface area contributed by atoms with Crippen LogP contribution in [-0.2, 0) is 16.6 Å². The molecule has 0 spiro atoms. The van der Waals surface area contributed by atoms with Crippen LogP contribution >= 0.6 is 0 Å². The van der Waals surface area contributed by atoms with Gasteiger partial charge in [-0.25, -0.2) is 14.0 Å². The summed E-state index contributed by atoms with van der Waals surface area (Å²) >= 11 is 0. The highest BCUT2D eigenvalue weighted by Gasteiger charge is 2.32. The summed E-state index contributed by atoms with van der Waals surface area (Å²) in [6.07, 6.45) is 1.59. The first-order valence-electron chi connectivity index (χ1n) is 9.46. The number of para-hydroxylation sites is 1. The molecule has 0 radical (unpaired) electrons. The largest absolute Gasteiger partial charge is 0.378 e. The van der Waals surface area contributed by atoms with E-state index in [2.05, 4.69) is 10.4 Å². The molecule has 1 N–H and O–H groups in total. The summed E-state index contributed by atoms with van der Waals surface area (Å²) in [5.74, 6) is 1.04. The van der Waals surface area contributed by atoms with Crippen molar-refractivity contribution in [1.82, 2.24) is 24.6 Å². The fourth-order valence-electron chi connectivity index (χ4n) is 3.87. The summed E-state index contributed by atoms with van der Waals surface area (Å²) in [5, 5.41) is 7.72. The number of aromatic nitrogens is 3. The van der Waals surface area contributed by atoms with Gasteiger partial charge in [-0.2, -0.15) is 5.10 Å². The second-order valence-electron chi connectivity index (χ2n) is 7.12. The highest BCUT2D eigenvalue weighted by Crippen LogP contribution is 2.28. The number of piperidine rings is 1. The fraction of sp³-hybridized carbons (Fsp3) is 0.526. The summed E-state index contributed by atoms with van der Waals surface area (Å²) in [4.78, 5) is 27.1. The van der Waals surface area contributed by atoms with Crippen LogP contribution in [0, 0.1) is 0 Å². The number of hydrogen-bond acceptors (Lipinski definition) is 5. The van der Waals surface area contributed by atoms with Crippen LogP contribution in [0.1, 0.15) is 24.6 Å². The van der Waals surface area contributed by atoms with Crippen molar-refractivity contribution in [3.63, 3.8) is 0 Å². The molecule has 1 aromatic heterocycles. The first-order chi connectivity index (χ1) is 13.1. The average Bonchev–Trinajstić information content (AvgIpc) is 3.03. The van der Waals surface area contributed by atoms with E-state index in [1.165, 1.54) is 4.68 Å². The van der Waals surface area contributed by atoms with Gasteiger partial charge in [0, 0.05) is 32.6 Å². The number of rotatable bonds is 3. The van der Waals surface area contributed by atoms with E-state index in [0.717, 1.165) is 24.4 Å². The van der Waals surface area contributed by atoms with Crippen LogP contribution in [0.3, 0.4) is 0 Å². The molecule has 2 aromatic rings. The number of nitrogens with one attached hydrogen (secondary N) is 1. The highest BCUT2D eigenvalue weighted by atomic mass is 16.5. The predicted octanol–water partition coefficient (Wildman–Crippen LogP) is 0.265. The Kier molecular flexibility index (Phi) is 5.09. The Hall–Kier alpha value is -2.45. The van der Waals surface area contributed by atoms with Crippen molar-refractivity contribution in [2.45, 2.75) is 24.8 Å². The smallest absolute Gasteiger partial charge is 0.350 e. The minimum absolute atomic E-state index is 0.106. The van der Waals surface area contributed by atoms with Crippen LogP contribution in [0.2, 0.25) is 0 Å². The van der Waals surface area contributed by atoms with Crippen LogP contribution < -0.4 is 11.0 Å². The van der Waals surface area contributed by atoms with Crippen molar-refractivity contribution < 1.29 is 9.53 Å². The second-order valence-corrected chi connectivity index (χ2v) is 7.12. The minimum Gasteiger partial charge on any atom is -0.378 e. The quantitative estimate of drug-likeness (QED) is 0.837. The zero-order valence-electron chi connectivity index (χ0n) is 15.5. The van der Waals surface area contributed by atoms with Gasteiger partial charge in [-0.3, -0.25) is 4.79 Å². The number of morpholine rings is 1. The molecule has 1 aromatic carbocycles. The highest BCUT2D eigenvalue weighted by molar-refractivity contribution is 5.82. The number of ether oxygens (including phenoxy) is 1. The number of benzene rings is 1. The third-order valence-electron chi connectivity index (χ3n) is 5.36. The molecule has 2 saturated heterocycles. The van der Waals surface area contributed by atoms with Gasteiger partial charge in [0.1, 0.15) is 11.9 Å². The first-order valence-corrected chi connectivity index (χ1v) is 9.46. The lowest BCUT2D eigenvalue weighted by Crippen LogP contribution is -2.54. The van der Waals surface area contributed by atoms with Gasteiger partial charge in [0.15, 0.2) is 0 Å². The third kappa shape index (κ3) is 3.54. The summed E-state index contributed by atoms with van der Waals surface area (Å²) in [6, 6.07) is 9.35. The monoisotopic (exact) mass is 371 g/mol. The van der Waals surface area contributed by atoms with Crippen molar-refractivity contribution >= 4 is 5.91 Å². The molecule has 2 aliphatic rings.